The topological polar surface area (TPSA) is 65.7 Å². The summed E-state index contributed by atoms with van der Waals surface area (Å²) in [7, 11) is 1.61. The summed E-state index contributed by atoms with van der Waals surface area (Å²) < 4.78 is 6.85. The SMILES string of the molecule is COc1cccc(-c2nc(Cl)nc(-n3ccnc3)n2)c1. The molecule has 20 heavy (non-hydrogen) atoms. The Morgan fingerprint density at radius 2 is 2.10 bits per heavy atom. The lowest BCUT2D eigenvalue weighted by molar-refractivity contribution is 0.415. The molecule has 0 saturated heterocycles. The van der Waals surface area contributed by atoms with Gasteiger partial charge in [-0.15, -0.1) is 0 Å². The first-order valence-electron chi connectivity index (χ1n) is 5.80. The van der Waals surface area contributed by atoms with E-state index in [4.69, 9.17) is 16.3 Å². The molecule has 6 nitrogen and oxygen atoms in total. The quantitative estimate of drug-likeness (QED) is 0.740. The van der Waals surface area contributed by atoms with E-state index >= 15 is 0 Å². The molecule has 3 rings (SSSR count). The van der Waals surface area contributed by atoms with Gasteiger partial charge in [0.15, 0.2) is 5.82 Å². The molecular formula is C13H10ClN5O. The fraction of sp³-hybridized carbons (Fsp3) is 0.0769. The minimum Gasteiger partial charge on any atom is -0.497 e. The van der Waals surface area contributed by atoms with E-state index < -0.39 is 0 Å². The van der Waals surface area contributed by atoms with Crippen molar-refractivity contribution in [1.82, 2.24) is 24.5 Å². The maximum atomic E-state index is 5.96. The average Bonchev–Trinajstić information content (AvgIpc) is 3.01. The second-order valence-electron chi connectivity index (χ2n) is 3.93. The van der Waals surface area contributed by atoms with Gasteiger partial charge in [0, 0.05) is 18.0 Å². The van der Waals surface area contributed by atoms with Crippen LogP contribution < -0.4 is 4.74 Å². The Bertz CT molecular complexity index is 729. The first-order chi connectivity index (χ1) is 9.76. The summed E-state index contributed by atoms with van der Waals surface area (Å²) in [6, 6.07) is 7.43. The predicted octanol–water partition coefficient (Wildman–Crippen LogP) is 2.39. The smallest absolute Gasteiger partial charge is 0.239 e. The molecule has 0 bridgehead atoms. The molecule has 0 N–H and O–H groups in total. The summed E-state index contributed by atoms with van der Waals surface area (Å²) in [6.07, 6.45) is 4.98. The lowest BCUT2D eigenvalue weighted by Gasteiger charge is -2.06. The van der Waals surface area contributed by atoms with Gasteiger partial charge in [-0.1, -0.05) is 12.1 Å². The molecule has 0 aliphatic heterocycles. The van der Waals surface area contributed by atoms with Crippen molar-refractivity contribution in [3.63, 3.8) is 0 Å². The van der Waals surface area contributed by atoms with Crippen LogP contribution in [0.5, 0.6) is 5.75 Å². The third kappa shape index (κ3) is 2.46. The first-order valence-corrected chi connectivity index (χ1v) is 6.18. The fourth-order valence-corrected chi connectivity index (χ4v) is 1.88. The van der Waals surface area contributed by atoms with Crippen molar-refractivity contribution in [2.75, 3.05) is 7.11 Å². The third-order valence-electron chi connectivity index (χ3n) is 2.66. The maximum absolute atomic E-state index is 5.96. The molecule has 100 valence electrons. The van der Waals surface area contributed by atoms with Gasteiger partial charge >= 0.3 is 0 Å². The number of hydrogen-bond acceptors (Lipinski definition) is 5. The molecule has 0 atom stereocenters. The Kier molecular flexibility index (Phi) is 3.30. The van der Waals surface area contributed by atoms with E-state index in [1.54, 1.807) is 30.4 Å². The van der Waals surface area contributed by atoms with Crippen LogP contribution in [0.3, 0.4) is 0 Å². The molecule has 1 aromatic carbocycles. The molecule has 0 fully saturated rings. The zero-order valence-corrected chi connectivity index (χ0v) is 11.3. The number of ether oxygens (including phenoxy) is 1. The molecule has 2 aromatic heterocycles. The summed E-state index contributed by atoms with van der Waals surface area (Å²) in [5.74, 6) is 1.62. The number of nitrogens with zero attached hydrogens (tertiary/aromatic N) is 5. The van der Waals surface area contributed by atoms with E-state index in [0.717, 1.165) is 11.3 Å². The molecule has 0 aliphatic carbocycles. The van der Waals surface area contributed by atoms with Gasteiger partial charge in [-0.2, -0.15) is 15.0 Å². The van der Waals surface area contributed by atoms with Gasteiger partial charge in [0.1, 0.15) is 12.1 Å². The maximum Gasteiger partial charge on any atom is 0.239 e. The minimum absolute atomic E-state index is 0.126. The molecule has 0 spiro atoms. The number of benzene rings is 1. The highest BCUT2D eigenvalue weighted by atomic mass is 35.5. The van der Waals surface area contributed by atoms with Gasteiger partial charge < -0.3 is 4.74 Å². The van der Waals surface area contributed by atoms with Gasteiger partial charge in [-0.3, -0.25) is 4.57 Å². The van der Waals surface area contributed by atoms with Gasteiger partial charge in [-0.05, 0) is 23.7 Å². The molecule has 0 aliphatic rings. The van der Waals surface area contributed by atoms with Crippen molar-refractivity contribution in [2.24, 2.45) is 0 Å². The molecule has 0 amide bonds. The molecule has 7 heteroatoms. The number of imidazole rings is 1. The van der Waals surface area contributed by atoms with Crippen LogP contribution in [0.1, 0.15) is 0 Å². The minimum atomic E-state index is 0.126. The van der Waals surface area contributed by atoms with Crippen LogP contribution in [0.4, 0.5) is 0 Å². The number of rotatable bonds is 3. The Hall–Kier alpha value is -2.47. The second-order valence-corrected chi connectivity index (χ2v) is 4.27. The zero-order chi connectivity index (χ0) is 13.9. The van der Waals surface area contributed by atoms with Crippen molar-refractivity contribution in [2.45, 2.75) is 0 Å². The van der Waals surface area contributed by atoms with Crippen LogP contribution in [-0.4, -0.2) is 31.6 Å². The monoisotopic (exact) mass is 287 g/mol. The van der Waals surface area contributed by atoms with Crippen LogP contribution in [0.2, 0.25) is 5.28 Å². The molecule has 0 radical (unpaired) electrons. The summed E-state index contributed by atoms with van der Waals surface area (Å²) in [6.45, 7) is 0. The Labute approximate surface area is 120 Å². The molecule has 3 aromatic rings. The van der Waals surface area contributed by atoms with E-state index in [-0.39, 0.29) is 5.28 Å². The van der Waals surface area contributed by atoms with Crippen molar-refractivity contribution in [1.29, 1.82) is 0 Å². The number of halogens is 1. The molecule has 0 saturated carbocycles. The van der Waals surface area contributed by atoms with Crippen molar-refractivity contribution < 1.29 is 4.74 Å². The Morgan fingerprint density at radius 1 is 1.20 bits per heavy atom. The van der Waals surface area contributed by atoms with Crippen LogP contribution in [0, 0.1) is 0 Å². The van der Waals surface area contributed by atoms with Gasteiger partial charge in [0.25, 0.3) is 0 Å². The number of hydrogen-bond donors (Lipinski definition) is 0. The van der Waals surface area contributed by atoms with Gasteiger partial charge in [0.05, 0.1) is 7.11 Å². The highest BCUT2D eigenvalue weighted by Crippen LogP contribution is 2.22. The Balaban J connectivity index is 2.09. The Morgan fingerprint density at radius 3 is 2.85 bits per heavy atom. The largest absolute Gasteiger partial charge is 0.497 e. The van der Waals surface area contributed by atoms with Crippen molar-refractivity contribution >= 4 is 11.6 Å². The fourth-order valence-electron chi connectivity index (χ4n) is 1.72. The lowest BCUT2D eigenvalue weighted by atomic mass is 10.2. The van der Waals surface area contributed by atoms with Gasteiger partial charge in [-0.25, -0.2) is 4.98 Å². The normalized spacial score (nSPS) is 10.5. The summed E-state index contributed by atoms with van der Waals surface area (Å²) in [5.41, 5.74) is 0.801. The van der Waals surface area contributed by atoms with Gasteiger partial charge in [0.2, 0.25) is 11.2 Å². The molecule has 0 unspecified atom stereocenters. The average molecular weight is 288 g/mol. The zero-order valence-electron chi connectivity index (χ0n) is 10.6. The molecular weight excluding hydrogens is 278 g/mol. The van der Waals surface area contributed by atoms with Crippen LogP contribution >= 0.6 is 11.6 Å². The highest BCUT2D eigenvalue weighted by molar-refractivity contribution is 6.28. The summed E-state index contributed by atoms with van der Waals surface area (Å²) in [5, 5.41) is 0.126. The van der Waals surface area contributed by atoms with E-state index in [1.165, 1.54) is 0 Å². The predicted molar refractivity (Wildman–Crippen MR) is 73.9 cm³/mol. The number of methoxy groups -OCH3 is 1. The van der Waals surface area contributed by atoms with Crippen LogP contribution in [0.25, 0.3) is 17.3 Å². The number of aromatic nitrogens is 5. The van der Waals surface area contributed by atoms with E-state index in [1.807, 2.05) is 24.3 Å². The van der Waals surface area contributed by atoms with Crippen molar-refractivity contribution in [3.05, 3.63) is 48.3 Å². The van der Waals surface area contributed by atoms with E-state index in [9.17, 15) is 0 Å². The standard InChI is InChI=1S/C13H10ClN5O/c1-20-10-4-2-3-9(7-10)11-16-12(14)18-13(17-11)19-6-5-15-8-19/h2-8H,1H3. The van der Waals surface area contributed by atoms with E-state index in [0.29, 0.717) is 11.8 Å². The van der Waals surface area contributed by atoms with Crippen LogP contribution in [-0.2, 0) is 0 Å². The van der Waals surface area contributed by atoms with E-state index in [2.05, 4.69) is 19.9 Å². The summed E-state index contributed by atoms with van der Waals surface area (Å²) >= 11 is 5.96. The second kappa shape index (κ2) is 5.26. The van der Waals surface area contributed by atoms with Crippen LogP contribution in [0.15, 0.2) is 43.0 Å². The highest BCUT2D eigenvalue weighted by Gasteiger charge is 2.09. The summed E-state index contributed by atoms with van der Waals surface area (Å²) in [4.78, 5) is 16.6. The lowest BCUT2D eigenvalue weighted by Crippen LogP contribution is -2.03. The first kappa shape index (κ1) is 12.6. The molecule has 2 heterocycles. The third-order valence-corrected chi connectivity index (χ3v) is 2.83. The van der Waals surface area contributed by atoms with Crippen molar-refractivity contribution in [3.8, 4) is 23.1 Å².